The maximum Gasteiger partial charge on any atom is 0.247 e. The first-order valence-corrected chi connectivity index (χ1v) is 10.8. The molecule has 5 heteroatoms. The van der Waals surface area contributed by atoms with Gasteiger partial charge in [0.1, 0.15) is 6.54 Å². The predicted octanol–water partition coefficient (Wildman–Crippen LogP) is 4.88. The lowest BCUT2D eigenvalue weighted by Gasteiger charge is -2.28. The Morgan fingerprint density at radius 2 is 1.93 bits per heavy atom. The van der Waals surface area contributed by atoms with E-state index in [1.165, 1.54) is 0 Å². The zero-order chi connectivity index (χ0) is 21.4. The van der Waals surface area contributed by atoms with E-state index in [9.17, 15) is 9.59 Å². The Morgan fingerprint density at radius 1 is 1.17 bits per heavy atom. The Morgan fingerprint density at radius 3 is 2.67 bits per heavy atom. The lowest BCUT2D eigenvalue weighted by atomic mass is 10.0. The lowest BCUT2D eigenvalue weighted by Crippen LogP contribution is -2.45. The smallest absolute Gasteiger partial charge is 0.247 e. The zero-order valence-electron chi connectivity index (χ0n) is 18.2. The largest absolute Gasteiger partial charge is 0.311 e. The Balaban J connectivity index is 1.72. The molecule has 0 bridgehead atoms. The molecule has 1 aliphatic heterocycles. The second-order valence-electron chi connectivity index (χ2n) is 8.37. The highest BCUT2D eigenvalue weighted by Crippen LogP contribution is 2.39. The zero-order valence-corrected chi connectivity index (χ0v) is 18.2. The van der Waals surface area contributed by atoms with Crippen LogP contribution in [0, 0.1) is 26.7 Å². The van der Waals surface area contributed by atoms with Crippen molar-refractivity contribution in [3.63, 3.8) is 0 Å². The van der Waals surface area contributed by atoms with E-state index in [-0.39, 0.29) is 24.3 Å². The molecule has 4 rings (SSSR count). The van der Waals surface area contributed by atoms with Crippen LogP contribution in [0.5, 0.6) is 0 Å². The SMILES string of the molecule is CCN(C(=O)CN1C(=O)[C@@H]2CCCC2=Nc2cc(C)c(C)cc21)c1cccc(C)c1. The Labute approximate surface area is 178 Å². The summed E-state index contributed by atoms with van der Waals surface area (Å²) < 4.78 is 0. The van der Waals surface area contributed by atoms with Crippen LogP contribution < -0.4 is 9.80 Å². The molecule has 2 amide bonds. The van der Waals surface area contributed by atoms with E-state index in [0.29, 0.717) is 6.54 Å². The molecule has 1 atom stereocenters. The Kier molecular flexibility index (Phi) is 5.46. The highest BCUT2D eigenvalue weighted by molar-refractivity contribution is 6.17. The number of aryl methyl sites for hydroxylation is 3. The summed E-state index contributed by atoms with van der Waals surface area (Å²) in [4.78, 5) is 35.2. The van der Waals surface area contributed by atoms with Crippen LogP contribution in [0.4, 0.5) is 17.1 Å². The van der Waals surface area contributed by atoms with E-state index < -0.39 is 0 Å². The summed E-state index contributed by atoms with van der Waals surface area (Å²) in [6.07, 6.45) is 2.64. The number of aliphatic imine (C=N–C) groups is 1. The minimum Gasteiger partial charge on any atom is -0.311 e. The van der Waals surface area contributed by atoms with Crippen molar-refractivity contribution >= 4 is 34.6 Å². The Bertz CT molecular complexity index is 1040. The van der Waals surface area contributed by atoms with Gasteiger partial charge in [-0.3, -0.25) is 14.6 Å². The second-order valence-corrected chi connectivity index (χ2v) is 8.37. The topological polar surface area (TPSA) is 53.0 Å². The van der Waals surface area contributed by atoms with Gasteiger partial charge in [0.15, 0.2) is 0 Å². The number of rotatable bonds is 4. The van der Waals surface area contributed by atoms with Crippen LogP contribution in [0.25, 0.3) is 0 Å². The van der Waals surface area contributed by atoms with Crippen LogP contribution in [0.1, 0.15) is 42.9 Å². The first kappa shape index (κ1) is 20.3. The van der Waals surface area contributed by atoms with Crippen LogP contribution in [0.3, 0.4) is 0 Å². The number of hydrogen-bond acceptors (Lipinski definition) is 3. The summed E-state index contributed by atoms with van der Waals surface area (Å²) >= 11 is 0. The lowest BCUT2D eigenvalue weighted by molar-refractivity contribution is -0.123. The molecule has 30 heavy (non-hydrogen) atoms. The fraction of sp³-hybridized carbons (Fsp3) is 0.400. The van der Waals surface area contributed by atoms with Gasteiger partial charge in [-0.1, -0.05) is 12.1 Å². The molecule has 0 unspecified atom stereocenters. The standard InChI is InChI=1S/C25H29N3O2/c1-5-27(19-9-6-8-16(2)12-19)24(29)15-28-23-14-18(4)17(3)13-22(23)26-21-11-7-10-20(21)25(28)30/h6,8-9,12-14,20H,5,7,10-11,15H2,1-4H3/t20-/m1/s1. The molecule has 156 valence electrons. The van der Waals surface area contributed by atoms with Gasteiger partial charge in [-0.2, -0.15) is 0 Å². The molecule has 1 saturated carbocycles. The van der Waals surface area contributed by atoms with E-state index in [0.717, 1.165) is 58.7 Å². The number of carbonyl (C=O) groups is 2. The van der Waals surface area contributed by atoms with Crippen LogP contribution in [0.15, 0.2) is 41.4 Å². The molecule has 2 aromatic carbocycles. The van der Waals surface area contributed by atoms with Crippen LogP contribution >= 0.6 is 0 Å². The van der Waals surface area contributed by atoms with Gasteiger partial charge in [0.2, 0.25) is 11.8 Å². The molecule has 1 heterocycles. The minimum atomic E-state index is -0.208. The van der Waals surface area contributed by atoms with Crippen molar-refractivity contribution in [2.45, 2.75) is 47.0 Å². The average molecular weight is 404 g/mol. The molecule has 1 fully saturated rings. The molecule has 2 aromatic rings. The first-order valence-electron chi connectivity index (χ1n) is 10.8. The van der Waals surface area contributed by atoms with Crippen molar-refractivity contribution in [1.29, 1.82) is 0 Å². The number of carbonyl (C=O) groups excluding carboxylic acids is 2. The third kappa shape index (κ3) is 3.64. The van der Waals surface area contributed by atoms with Crippen LogP contribution in [-0.4, -0.2) is 30.6 Å². The van der Waals surface area contributed by atoms with E-state index in [1.54, 1.807) is 9.80 Å². The van der Waals surface area contributed by atoms with Crippen molar-refractivity contribution < 1.29 is 9.59 Å². The average Bonchev–Trinajstić information content (AvgIpc) is 3.14. The molecule has 0 spiro atoms. The normalized spacial score (nSPS) is 17.9. The van der Waals surface area contributed by atoms with Gasteiger partial charge in [-0.25, -0.2) is 0 Å². The third-order valence-electron chi connectivity index (χ3n) is 6.26. The van der Waals surface area contributed by atoms with Gasteiger partial charge >= 0.3 is 0 Å². The van der Waals surface area contributed by atoms with Crippen molar-refractivity contribution in [2.24, 2.45) is 10.9 Å². The first-order chi connectivity index (χ1) is 14.4. The number of nitrogens with zero attached hydrogens (tertiary/aromatic N) is 3. The third-order valence-corrected chi connectivity index (χ3v) is 6.26. The maximum absolute atomic E-state index is 13.5. The van der Waals surface area contributed by atoms with Crippen LogP contribution in [0.2, 0.25) is 0 Å². The molecule has 0 radical (unpaired) electrons. The summed E-state index contributed by atoms with van der Waals surface area (Å²) in [5.74, 6) is -0.288. The number of hydrogen-bond donors (Lipinski definition) is 0. The monoisotopic (exact) mass is 403 g/mol. The molecular weight excluding hydrogens is 374 g/mol. The van der Waals surface area contributed by atoms with Gasteiger partial charge in [-0.05, 0) is 87.9 Å². The van der Waals surface area contributed by atoms with E-state index in [2.05, 4.69) is 6.92 Å². The number of amides is 2. The maximum atomic E-state index is 13.5. The molecule has 2 aliphatic rings. The van der Waals surface area contributed by atoms with Crippen molar-refractivity contribution in [3.05, 3.63) is 53.1 Å². The highest BCUT2D eigenvalue weighted by Gasteiger charge is 2.37. The summed E-state index contributed by atoms with van der Waals surface area (Å²) in [5, 5.41) is 0. The van der Waals surface area contributed by atoms with Gasteiger partial charge in [0, 0.05) is 17.9 Å². The quantitative estimate of drug-likeness (QED) is 0.730. The van der Waals surface area contributed by atoms with Gasteiger partial charge in [0.05, 0.1) is 17.3 Å². The van der Waals surface area contributed by atoms with Gasteiger partial charge < -0.3 is 9.80 Å². The molecule has 5 nitrogen and oxygen atoms in total. The van der Waals surface area contributed by atoms with Crippen molar-refractivity contribution in [2.75, 3.05) is 22.9 Å². The number of anilines is 2. The van der Waals surface area contributed by atoms with Gasteiger partial charge in [0.25, 0.3) is 0 Å². The Hall–Kier alpha value is -2.95. The summed E-state index contributed by atoms with van der Waals surface area (Å²) in [6, 6.07) is 12.0. The molecular formula is C25H29N3O2. The highest BCUT2D eigenvalue weighted by atomic mass is 16.2. The van der Waals surface area contributed by atoms with E-state index >= 15 is 0 Å². The number of likely N-dealkylation sites (N-methyl/N-ethyl adjacent to an activating group) is 1. The fourth-order valence-corrected chi connectivity index (χ4v) is 4.46. The number of benzene rings is 2. The number of fused-ring (bicyclic) bond motifs is 2. The van der Waals surface area contributed by atoms with E-state index in [1.807, 2.05) is 57.2 Å². The summed E-state index contributed by atoms with van der Waals surface area (Å²) in [7, 11) is 0. The fourth-order valence-electron chi connectivity index (χ4n) is 4.46. The van der Waals surface area contributed by atoms with Crippen LogP contribution in [-0.2, 0) is 9.59 Å². The summed E-state index contributed by atoms with van der Waals surface area (Å²) in [5.41, 5.74) is 6.72. The van der Waals surface area contributed by atoms with Crippen molar-refractivity contribution in [3.8, 4) is 0 Å². The molecule has 1 aliphatic carbocycles. The summed E-state index contributed by atoms with van der Waals surface area (Å²) in [6.45, 7) is 8.64. The van der Waals surface area contributed by atoms with Crippen molar-refractivity contribution in [1.82, 2.24) is 0 Å². The molecule has 0 N–H and O–H groups in total. The molecule has 0 saturated heterocycles. The predicted molar refractivity (Wildman–Crippen MR) is 122 cm³/mol. The molecule has 0 aromatic heterocycles. The van der Waals surface area contributed by atoms with Gasteiger partial charge in [-0.15, -0.1) is 0 Å². The minimum absolute atomic E-state index is 0.00176. The second kappa shape index (κ2) is 8.05. The van der Waals surface area contributed by atoms with E-state index in [4.69, 9.17) is 4.99 Å².